The summed E-state index contributed by atoms with van der Waals surface area (Å²) in [5, 5.41) is 7.89. The van der Waals surface area contributed by atoms with E-state index in [9.17, 15) is 0 Å². The number of nitrogens with one attached hydrogen (secondary N) is 1. The second-order valence-electron chi connectivity index (χ2n) is 4.77. The van der Waals surface area contributed by atoms with E-state index in [1.165, 1.54) is 5.69 Å². The topological polar surface area (TPSA) is 39.1 Å². The molecular weight excluding hydrogens is 202 g/mol. The Kier molecular flexibility index (Phi) is 4.50. The van der Waals surface area contributed by atoms with Crippen molar-refractivity contribution in [3.63, 3.8) is 0 Å². The fraction of sp³-hybridized carbons (Fsp3) is 0.750. The van der Waals surface area contributed by atoms with Gasteiger partial charge < -0.3 is 10.1 Å². The first-order chi connectivity index (χ1) is 7.48. The Morgan fingerprint density at radius 1 is 1.50 bits per heavy atom. The van der Waals surface area contributed by atoms with Crippen LogP contribution in [0.25, 0.3) is 0 Å². The fourth-order valence-electron chi connectivity index (χ4n) is 1.65. The van der Waals surface area contributed by atoms with Gasteiger partial charge in [0.15, 0.2) is 0 Å². The van der Waals surface area contributed by atoms with Crippen molar-refractivity contribution in [3.05, 3.63) is 17.5 Å². The van der Waals surface area contributed by atoms with Crippen LogP contribution < -0.4 is 5.32 Å². The second-order valence-corrected chi connectivity index (χ2v) is 4.77. The third kappa shape index (κ3) is 3.61. The second kappa shape index (κ2) is 5.46. The van der Waals surface area contributed by atoms with Gasteiger partial charge in [-0.25, -0.2) is 0 Å². The van der Waals surface area contributed by atoms with E-state index >= 15 is 0 Å². The molecule has 0 atom stereocenters. The molecule has 0 fully saturated rings. The number of ether oxygens (including phenoxy) is 1. The van der Waals surface area contributed by atoms with Crippen molar-refractivity contribution in [2.45, 2.75) is 39.3 Å². The first-order valence-electron chi connectivity index (χ1n) is 5.74. The molecule has 1 rings (SSSR count). The third-order valence-corrected chi connectivity index (χ3v) is 2.64. The molecule has 0 aliphatic carbocycles. The summed E-state index contributed by atoms with van der Waals surface area (Å²) in [5.41, 5.74) is 2.34. The van der Waals surface area contributed by atoms with Crippen LogP contribution in [0.3, 0.4) is 0 Å². The summed E-state index contributed by atoms with van der Waals surface area (Å²) in [4.78, 5) is 0. The number of hydrogen-bond acceptors (Lipinski definition) is 3. The van der Waals surface area contributed by atoms with Gasteiger partial charge in [0.25, 0.3) is 0 Å². The first-order valence-corrected chi connectivity index (χ1v) is 5.74. The highest BCUT2D eigenvalue weighted by atomic mass is 16.5. The van der Waals surface area contributed by atoms with Gasteiger partial charge >= 0.3 is 0 Å². The van der Waals surface area contributed by atoms with Crippen molar-refractivity contribution in [1.82, 2.24) is 15.1 Å². The quantitative estimate of drug-likeness (QED) is 0.797. The lowest BCUT2D eigenvalue weighted by Gasteiger charge is -2.25. The van der Waals surface area contributed by atoms with Crippen molar-refractivity contribution in [3.8, 4) is 0 Å². The van der Waals surface area contributed by atoms with Crippen LogP contribution in [0.15, 0.2) is 6.07 Å². The van der Waals surface area contributed by atoms with Crippen LogP contribution in [0.5, 0.6) is 0 Å². The van der Waals surface area contributed by atoms with E-state index in [1.54, 1.807) is 7.11 Å². The van der Waals surface area contributed by atoms with E-state index in [0.29, 0.717) is 6.61 Å². The Labute approximate surface area is 98.0 Å². The average molecular weight is 225 g/mol. The van der Waals surface area contributed by atoms with Crippen molar-refractivity contribution in [2.75, 3.05) is 13.7 Å². The van der Waals surface area contributed by atoms with Crippen LogP contribution in [-0.2, 0) is 24.8 Å². The van der Waals surface area contributed by atoms with Crippen LogP contribution in [0, 0.1) is 0 Å². The molecule has 0 unspecified atom stereocenters. The van der Waals surface area contributed by atoms with Crippen LogP contribution >= 0.6 is 0 Å². The van der Waals surface area contributed by atoms with Crippen LogP contribution in [0.1, 0.15) is 32.2 Å². The summed E-state index contributed by atoms with van der Waals surface area (Å²) in [6.07, 6.45) is 0.981. The zero-order chi connectivity index (χ0) is 12.2. The first kappa shape index (κ1) is 13.2. The maximum atomic E-state index is 5.17. The zero-order valence-corrected chi connectivity index (χ0v) is 11.0. The van der Waals surface area contributed by atoms with Gasteiger partial charge in [0.1, 0.15) is 0 Å². The minimum absolute atomic E-state index is 0.00853. The lowest BCUT2D eigenvalue weighted by molar-refractivity contribution is 0.127. The molecule has 0 aromatic carbocycles. The smallest absolute Gasteiger partial charge is 0.0639 e. The molecular formula is C12H23N3O. The molecule has 0 aliphatic heterocycles. The van der Waals surface area contributed by atoms with Gasteiger partial charge in [0.2, 0.25) is 0 Å². The predicted molar refractivity (Wildman–Crippen MR) is 65.4 cm³/mol. The van der Waals surface area contributed by atoms with Gasteiger partial charge in [-0.15, -0.1) is 0 Å². The minimum Gasteiger partial charge on any atom is -0.383 e. The summed E-state index contributed by atoms with van der Waals surface area (Å²) in [5.74, 6) is 0. The number of aromatic nitrogens is 2. The van der Waals surface area contributed by atoms with Crippen molar-refractivity contribution in [1.29, 1.82) is 0 Å². The Bertz CT molecular complexity index is 331. The summed E-state index contributed by atoms with van der Waals surface area (Å²) in [6, 6.07) is 2.15. The maximum Gasteiger partial charge on any atom is 0.0639 e. The molecule has 4 heteroatoms. The van der Waals surface area contributed by atoms with E-state index in [4.69, 9.17) is 4.74 Å². The van der Waals surface area contributed by atoms with Crippen molar-refractivity contribution >= 4 is 0 Å². The van der Waals surface area contributed by atoms with Crippen molar-refractivity contribution in [2.24, 2.45) is 7.05 Å². The van der Waals surface area contributed by atoms with Gasteiger partial charge in [-0.05, 0) is 26.3 Å². The Morgan fingerprint density at radius 3 is 2.69 bits per heavy atom. The molecule has 1 heterocycles. The average Bonchev–Trinajstić information content (AvgIpc) is 2.56. The van der Waals surface area contributed by atoms with Gasteiger partial charge in [0.05, 0.1) is 18.0 Å². The zero-order valence-electron chi connectivity index (χ0n) is 11.0. The van der Waals surface area contributed by atoms with E-state index in [0.717, 1.165) is 18.7 Å². The molecule has 0 saturated carbocycles. The SMILES string of the molecule is CCc1cc(CNC(C)(C)COC)n(C)n1. The van der Waals surface area contributed by atoms with Crippen LogP contribution in [-0.4, -0.2) is 29.0 Å². The molecule has 0 amide bonds. The lowest BCUT2D eigenvalue weighted by Crippen LogP contribution is -2.43. The van der Waals surface area contributed by atoms with Crippen LogP contribution in [0.2, 0.25) is 0 Å². The predicted octanol–water partition coefficient (Wildman–Crippen LogP) is 1.50. The molecule has 16 heavy (non-hydrogen) atoms. The van der Waals surface area contributed by atoms with Gasteiger partial charge in [-0.3, -0.25) is 4.68 Å². The Morgan fingerprint density at radius 2 is 2.19 bits per heavy atom. The van der Waals surface area contributed by atoms with Gasteiger partial charge in [-0.2, -0.15) is 5.10 Å². The highest BCUT2D eigenvalue weighted by Gasteiger charge is 2.17. The minimum atomic E-state index is -0.00853. The van der Waals surface area contributed by atoms with E-state index in [1.807, 2.05) is 11.7 Å². The number of hydrogen-bond donors (Lipinski definition) is 1. The van der Waals surface area contributed by atoms with Crippen molar-refractivity contribution < 1.29 is 4.74 Å². The number of aryl methyl sites for hydroxylation is 2. The summed E-state index contributed by atoms with van der Waals surface area (Å²) >= 11 is 0. The summed E-state index contributed by atoms with van der Waals surface area (Å²) < 4.78 is 7.11. The highest BCUT2D eigenvalue weighted by molar-refractivity contribution is 5.10. The Balaban J connectivity index is 2.56. The molecule has 1 aromatic rings. The van der Waals surface area contributed by atoms with E-state index in [-0.39, 0.29) is 5.54 Å². The fourth-order valence-corrected chi connectivity index (χ4v) is 1.65. The van der Waals surface area contributed by atoms with E-state index < -0.39 is 0 Å². The molecule has 1 aromatic heterocycles. The molecule has 92 valence electrons. The molecule has 0 radical (unpaired) electrons. The molecule has 0 bridgehead atoms. The molecule has 4 nitrogen and oxygen atoms in total. The number of nitrogens with zero attached hydrogens (tertiary/aromatic N) is 2. The molecule has 0 spiro atoms. The van der Waals surface area contributed by atoms with E-state index in [2.05, 4.69) is 37.3 Å². The van der Waals surface area contributed by atoms with Crippen LogP contribution in [0.4, 0.5) is 0 Å². The number of methoxy groups -OCH3 is 1. The molecule has 0 saturated heterocycles. The maximum absolute atomic E-state index is 5.17. The Hall–Kier alpha value is -0.870. The number of rotatable bonds is 6. The van der Waals surface area contributed by atoms with Gasteiger partial charge in [-0.1, -0.05) is 6.92 Å². The highest BCUT2D eigenvalue weighted by Crippen LogP contribution is 2.07. The summed E-state index contributed by atoms with van der Waals surface area (Å²) in [6.45, 7) is 7.90. The summed E-state index contributed by atoms with van der Waals surface area (Å²) in [7, 11) is 3.71. The largest absolute Gasteiger partial charge is 0.383 e. The molecule has 0 aliphatic rings. The normalized spacial score (nSPS) is 12.1. The van der Waals surface area contributed by atoms with Gasteiger partial charge in [0, 0.05) is 26.2 Å². The molecule has 1 N–H and O–H groups in total. The monoisotopic (exact) mass is 225 g/mol. The third-order valence-electron chi connectivity index (χ3n) is 2.64. The lowest BCUT2D eigenvalue weighted by atomic mass is 10.1. The standard InChI is InChI=1S/C12H23N3O/c1-6-10-7-11(15(4)14-10)8-13-12(2,3)9-16-5/h7,13H,6,8-9H2,1-5H3.